The molecule has 2 rings (SSSR count). The molecule has 0 unspecified atom stereocenters. The van der Waals surface area contributed by atoms with Gasteiger partial charge in [-0.25, -0.2) is 18.6 Å². The third kappa shape index (κ3) is 3.74. The van der Waals surface area contributed by atoms with E-state index in [-0.39, 0.29) is 29.9 Å². The maximum Gasteiger partial charge on any atom is 0.407 e. The molecule has 1 N–H and O–H groups in total. The van der Waals surface area contributed by atoms with Crippen molar-refractivity contribution in [3.05, 3.63) is 23.5 Å². The number of aryl methyl sites for hydroxylation is 1. The molecule has 0 aliphatic heterocycles. The highest BCUT2D eigenvalue weighted by atomic mass is 19.2. The number of ether oxygens (including phenoxy) is 2. The lowest BCUT2D eigenvalue weighted by Crippen LogP contribution is -2.34. The lowest BCUT2D eigenvalue weighted by molar-refractivity contribution is 0.0526. The largest absolute Gasteiger partial charge is 0.494 e. The van der Waals surface area contributed by atoms with Crippen LogP contribution >= 0.6 is 0 Å². The zero-order chi connectivity index (χ0) is 18.1. The van der Waals surface area contributed by atoms with Crippen LogP contribution in [0, 0.1) is 18.6 Å². The Balaban J connectivity index is 2.22. The summed E-state index contributed by atoms with van der Waals surface area (Å²) in [7, 11) is 1.37. The van der Waals surface area contributed by atoms with Gasteiger partial charge in [-0.2, -0.15) is 0 Å². The fourth-order valence-corrected chi connectivity index (χ4v) is 2.33. The maximum atomic E-state index is 14.2. The average molecular weight is 341 g/mol. The van der Waals surface area contributed by atoms with E-state index in [1.54, 1.807) is 27.7 Å². The van der Waals surface area contributed by atoms with Gasteiger partial charge in [0.1, 0.15) is 28.2 Å². The number of amides is 1. The van der Waals surface area contributed by atoms with Crippen molar-refractivity contribution in [3.63, 3.8) is 0 Å². The Hall–Kier alpha value is -2.38. The summed E-state index contributed by atoms with van der Waals surface area (Å²) in [5.74, 6) is -1.37. The molecule has 1 aromatic heterocycles. The molecule has 8 heteroatoms. The number of fused-ring (bicyclic) bond motifs is 1. The van der Waals surface area contributed by atoms with Crippen LogP contribution in [0.4, 0.5) is 13.6 Å². The van der Waals surface area contributed by atoms with E-state index in [0.29, 0.717) is 5.82 Å². The van der Waals surface area contributed by atoms with Gasteiger partial charge in [0.05, 0.1) is 7.11 Å². The SMILES string of the molecule is COc1cc(F)c(F)c2c1nc(C)n2CCNC(=O)OC(C)(C)C. The molecule has 0 saturated heterocycles. The molecule has 0 saturated carbocycles. The highest BCUT2D eigenvalue weighted by Crippen LogP contribution is 2.30. The standard InChI is InChI=1S/C16H21F2N3O3/c1-9-20-13-11(23-5)8-10(17)12(18)14(13)21(9)7-6-19-15(22)24-16(2,3)4/h8H,6-7H2,1-5H3,(H,19,22). The summed E-state index contributed by atoms with van der Waals surface area (Å²) in [5, 5.41) is 2.57. The molecule has 0 aliphatic carbocycles. The molecule has 0 radical (unpaired) electrons. The van der Waals surface area contributed by atoms with Crippen molar-refractivity contribution >= 4 is 17.1 Å². The molecule has 6 nitrogen and oxygen atoms in total. The van der Waals surface area contributed by atoms with Gasteiger partial charge >= 0.3 is 6.09 Å². The monoisotopic (exact) mass is 341 g/mol. The first-order chi connectivity index (χ1) is 11.1. The van der Waals surface area contributed by atoms with E-state index in [4.69, 9.17) is 9.47 Å². The van der Waals surface area contributed by atoms with Crippen LogP contribution in [0.1, 0.15) is 26.6 Å². The van der Waals surface area contributed by atoms with E-state index in [1.807, 2.05) is 0 Å². The fourth-order valence-electron chi connectivity index (χ4n) is 2.33. The lowest BCUT2D eigenvalue weighted by atomic mass is 10.2. The van der Waals surface area contributed by atoms with E-state index in [2.05, 4.69) is 10.3 Å². The van der Waals surface area contributed by atoms with Crippen molar-refractivity contribution < 1.29 is 23.0 Å². The maximum absolute atomic E-state index is 14.2. The minimum Gasteiger partial charge on any atom is -0.494 e. The van der Waals surface area contributed by atoms with Gasteiger partial charge in [0.25, 0.3) is 0 Å². The Morgan fingerprint density at radius 3 is 2.62 bits per heavy atom. The lowest BCUT2D eigenvalue weighted by Gasteiger charge is -2.19. The molecule has 0 bridgehead atoms. The molecule has 0 aliphatic rings. The van der Waals surface area contributed by atoms with E-state index in [9.17, 15) is 13.6 Å². The average Bonchev–Trinajstić information content (AvgIpc) is 2.78. The summed E-state index contributed by atoms with van der Waals surface area (Å²) in [6, 6.07) is 0.966. The minimum atomic E-state index is -1.01. The van der Waals surface area contributed by atoms with Gasteiger partial charge in [-0.1, -0.05) is 0 Å². The highest BCUT2D eigenvalue weighted by molar-refractivity contribution is 5.83. The first kappa shape index (κ1) is 18.0. The van der Waals surface area contributed by atoms with Gasteiger partial charge in [-0.15, -0.1) is 0 Å². The second kappa shape index (κ2) is 6.62. The molecule has 1 heterocycles. The summed E-state index contributed by atoms with van der Waals surface area (Å²) in [6.07, 6.45) is -0.575. The molecule has 0 atom stereocenters. The number of imidazole rings is 1. The summed E-state index contributed by atoms with van der Waals surface area (Å²) in [4.78, 5) is 15.9. The number of carbonyl (C=O) groups is 1. The molecular weight excluding hydrogens is 320 g/mol. The van der Waals surface area contributed by atoms with Crippen molar-refractivity contribution in [1.29, 1.82) is 0 Å². The van der Waals surface area contributed by atoms with Crippen molar-refractivity contribution in [2.75, 3.05) is 13.7 Å². The minimum absolute atomic E-state index is 0.00957. The molecule has 1 amide bonds. The van der Waals surface area contributed by atoms with Gasteiger partial charge in [-0.3, -0.25) is 0 Å². The van der Waals surface area contributed by atoms with Crippen molar-refractivity contribution in [2.45, 2.75) is 39.8 Å². The number of alkyl carbamates (subject to hydrolysis) is 1. The molecule has 0 spiro atoms. The molecular formula is C16H21F2N3O3. The highest BCUT2D eigenvalue weighted by Gasteiger charge is 2.20. The van der Waals surface area contributed by atoms with E-state index in [0.717, 1.165) is 6.07 Å². The van der Waals surface area contributed by atoms with Crippen LogP contribution in [0.3, 0.4) is 0 Å². The molecule has 24 heavy (non-hydrogen) atoms. The fraction of sp³-hybridized carbons (Fsp3) is 0.500. The number of hydrogen-bond donors (Lipinski definition) is 1. The zero-order valence-electron chi connectivity index (χ0n) is 14.4. The third-order valence-corrected chi connectivity index (χ3v) is 3.29. The number of hydrogen-bond acceptors (Lipinski definition) is 4. The predicted molar refractivity (Wildman–Crippen MR) is 85.2 cm³/mol. The van der Waals surface area contributed by atoms with Gasteiger partial charge < -0.3 is 19.4 Å². The van der Waals surface area contributed by atoms with Crippen LogP contribution in [0.15, 0.2) is 6.07 Å². The quantitative estimate of drug-likeness (QED) is 0.928. The van der Waals surface area contributed by atoms with Gasteiger partial charge in [0.2, 0.25) is 0 Å². The van der Waals surface area contributed by atoms with E-state index >= 15 is 0 Å². The van der Waals surface area contributed by atoms with Crippen molar-refractivity contribution in [1.82, 2.24) is 14.9 Å². The van der Waals surface area contributed by atoms with Gasteiger partial charge in [0.15, 0.2) is 11.6 Å². The van der Waals surface area contributed by atoms with Crippen LogP contribution in [-0.4, -0.2) is 34.9 Å². The summed E-state index contributed by atoms with van der Waals surface area (Å²) in [6.45, 7) is 7.33. The number of aromatic nitrogens is 2. The Labute approximate surface area is 138 Å². The smallest absolute Gasteiger partial charge is 0.407 e. The number of nitrogens with one attached hydrogen (secondary N) is 1. The summed E-state index contributed by atoms with van der Waals surface area (Å²) >= 11 is 0. The van der Waals surface area contributed by atoms with Crippen molar-refractivity contribution in [2.24, 2.45) is 0 Å². The van der Waals surface area contributed by atoms with Crippen LogP contribution in [-0.2, 0) is 11.3 Å². The normalized spacial score (nSPS) is 11.6. The Kier molecular flexibility index (Phi) is 4.96. The molecule has 2 aromatic rings. The van der Waals surface area contributed by atoms with Crippen LogP contribution < -0.4 is 10.1 Å². The Morgan fingerprint density at radius 1 is 1.38 bits per heavy atom. The van der Waals surface area contributed by atoms with Crippen LogP contribution in [0.2, 0.25) is 0 Å². The van der Waals surface area contributed by atoms with Gasteiger partial charge in [-0.05, 0) is 27.7 Å². The molecule has 1 aromatic carbocycles. The van der Waals surface area contributed by atoms with E-state index in [1.165, 1.54) is 11.7 Å². The number of rotatable bonds is 4. The number of benzene rings is 1. The topological polar surface area (TPSA) is 65.4 Å². The van der Waals surface area contributed by atoms with Crippen LogP contribution in [0.5, 0.6) is 5.75 Å². The molecule has 132 valence electrons. The number of halogens is 2. The second-order valence-electron chi connectivity index (χ2n) is 6.31. The summed E-state index contributed by atoms with van der Waals surface area (Å²) in [5.41, 5.74) is -0.355. The second-order valence-corrected chi connectivity index (χ2v) is 6.31. The van der Waals surface area contributed by atoms with Gasteiger partial charge in [0, 0.05) is 19.2 Å². The van der Waals surface area contributed by atoms with E-state index < -0.39 is 23.3 Å². The predicted octanol–water partition coefficient (Wildman–Crippen LogP) is 3.16. The molecule has 0 fully saturated rings. The first-order valence-electron chi connectivity index (χ1n) is 7.49. The van der Waals surface area contributed by atoms with Crippen molar-refractivity contribution in [3.8, 4) is 5.75 Å². The number of carbonyl (C=O) groups excluding carboxylic acids is 1. The van der Waals surface area contributed by atoms with Crippen LogP contribution in [0.25, 0.3) is 11.0 Å². The summed E-state index contributed by atoms with van der Waals surface area (Å²) < 4.78 is 39.6. The number of nitrogens with zero attached hydrogens (tertiary/aromatic N) is 2. The Morgan fingerprint density at radius 2 is 2.04 bits per heavy atom. The Bertz CT molecular complexity index is 766. The first-order valence-corrected chi connectivity index (χ1v) is 7.49. The number of methoxy groups -OCH3 is 1. The third-order valence-electron chi connectivity index (χ3n) is 3.29. The zero-order valence-corrected chi connectivity index (χ0v) is 14.4.